The first kappa shape index (κ1) is 9.83. The molecule has 1 aromatic rings. The molecule has 1 unspecified atom stereocenters. The minimum Gasteiger partial charge on any atom is -0.506 e. The predicted octanol–water partition coefficient (Wildman–Crippen LogP) is 1.56. The molecule has 0 bridgehead atoms. The Morgan fingerprint density at radius 1 is 1.53 bits per heavy atom. The van der Waals surface area contributed by atoms with Crippen molar-refractivity contribution in [3.63, 3.8) is 0 Å². The first-order valence-corrected chi connectivity index (χ1v) is 5.05. The van der Waals surface area contributed by atoms with Crippen molar-refractivity contribution < 1.29 is 9.90 Å². The highest BCUT2D eigenvalue weighted by atomic mass is 16.3. The molecule has 2 rings (SSSR count). The van der Waals surface area contributed by atoms with Crippen LogP contribution in [0.25, 0.3) is 0 Å². The molecule has 1 aromatic carbocycles. The summed E-state index contributed by atoms with van der Waals surface area (Å²) < 4.78 is 0. The lowest BCUT2D eigenvalue weighted by atomic mass is 10.1. The fraction of sp³-hybridized carbons (Fsp3) is 0.364. The van der Waals surface area contributed by atoms with Crippen LogP contribution in [0.3, 0.4) is 0 Å². The van der Waals surface area contributed by atoms with Gasteiger partial charge in [-0.3, -0.25) is 4.79 Å². The fourth-order valence-electron chi connectivity index (χ4n) is 1.86. The number of phenolic OH excluding ortho intramolecular Hbond substituents is 1. The van der Waals surface area contributed by atoms with Crippen molar-refractivity contribution in [3.8, 4) is 5.75 Å². The van der Waals surface area contributed by atoms with Crippen LogP contribution in [0.1, 0.15) is 13.8 Å². The zero-order valence-electron chi connectivity index (χ0n) is 8.82. The first-order chi connectivity index (χ1) is 7.15. The Morgan fingerprint density at radius 2 is 2.27 bits per heavy atom. The van der Waals surface area contributed by atoms with Gasteiger partial charge in [0.05, 0.1) is 5.69 Å². The topological polar surface area (TPSA) is 52.6 Å². The van der Waals surface area contributed by atoms with E-state index in [2.05, 4.69) is 5.32 Å². The van der Waals surface area contributed by atoms with E-state index in [1.54, 1.807) is 24.0 Å². The number of benzene rings is 1. The van der Waals surface area contributed by atoms with Crippen LogP contribution in [-0.2, 0) is 4.79 Å². The van der Waals surface area contributed by atoms with E-state index in [1.807, 2.05) is 13.0 Å². The van der Waals surface area contributed by atoms with Crippen LogP contribution in [0.2, 0.25) is 0 Å². The lowest BCUT2D eigenvalue weighted by Crippen LogP contribution is -2.45. The second kappa shape index (κ2) is 3.46. The third-order valence-electron chi connectivity index (χ3n) is 2.62. The summed E-state index contributed by atoms with van der Waals surface area (Å²) in [7, 11) is 0. The lowest BCUT2D eigenvalue weighted by Gasteiger charge is -2.33. The molecular weight excluding hydrogens is 192 g/mol. The molecule has 1 aliphatic heterocycles. The second-order valence-electron chi connectivity index (χ2n) is 3.62. The Labute approximate surface area is 88.5 Å². The van der Waals surface area contributed by atoms with E-state index in [4.69, 9.17) is 0 Å². The van der Waals surface area contributed by atoms with Crippen LogP contribution in [0.5, 0.6) is 5.75 Å². The molecule has 1 amide bonds. The van der Waals surface area contributed by atoms with Gasteiger partial charge in [-0.25, -0.2) is 0 Å². The lowest BCUT2D eigenvalue weighted by molar-refractivity contribution is -0.119. The molecule has 15 heavy (non-hydrogen) atoms. The summed E-state index contributed by atoms with van der Waals surface area (Å²) in [6, 6.07) is 4.89. The number of aromatic hydroxyl groups is 1. The summed E-state index contributed by atoms with van der Waals surface area (Å²) in [5.74, 6) is 0.223. The number of carbonyl (C=O) groups excluding carboxylic acids is 1. The summed E-state index contributed by atoms with van der Waals surface area (Å²) in [6.07, 6.45) is 0. The van der Waals surface area contributed by atoms with Crippen molar-refractivity contribution in [1.29, 1.82) is 0 Å². The molecule has 0 aliphatic carbocycles. The number of anilines is 2. The van der Waals surface area contributed by atoms with Gasteiger partial charge in [0, 0.05) is 6.54 Å². The highest BCUT2D eigenvalue weighted by molar-refractivity contribution is 6.05. The third kappa shape index (κ3) is 1.42. The monoisotopic (exact) mass is 206 g/mol. The number of fused-ring (bicyclic) bond motifs is 1. The van der Waals surface area contributed by atoms with Gasteiger partial charge in [-0.15, -0.1) is 0 Å². The molecule has 1 aliphatic rings. The molecule has 0 saturated heterocycles. The van der Waals surface area contributed by atoms with Crippen LogP contribution >= 0.6 is 0 Å². The minimum absolute atomic E-state index is 0.0376. The number of likely N-dealkylation sites (N-methyl/N-ethyl adjacent to an activating group) is 1. The summed E-state index contributed by atoms with van der Waals surface area (Å²) in [5, 5.41) is 12.7. The van der Waals surface area contributed by atoms with Crippen molar-refractivity contribution in [2.45, 2.75) is 19.9 Å². The van der Waals surface area contributed by atoms with Crippen LogP contribution in [0, 0.1) is 0 Å². The van der Waals surface area contributed by atoms with Gasteiger partial charge in [0.2, 0.25) is 5.91 Å². The molecule has 0 aromatic heterocycles. The maximum atomic E-state index is 11.8. The van der Waals surface area contributed by atoms with Gasteiger partial charge < -0.3 is 15.3 Å². The summed E-state index contributed by atoms with van der Waals surface area (Å²) >= 11 is 0. The Bertz CT molecular complexity index is 404. The summed E-state index contributed by atoms with van der Waals surface area (Å²) in [5.41, 5.74) is 1.40. The van der Waals surface area contributed by atoms with Crippen LogP contribution in [-0.4, -0.2) is 23.6 Å². The highest BCUT2D eigenvalue weighted by Crippen LogP contribution is 2.37. The molecule has 4 heteroatoms. The van der Waals surface area contributed by atoms with Crippen molar-refractivity contribution >= 4 is 17.3 Å². The van der Waals surface area contributed by atoms with Crippen LogP contribution in [0.4, 0.5) is 11.4 Å². The van der Waals surface area contributed by atoms with Gasteiger partial charge in [-0.1, -0.05) is 6.07 Å². The number of nitrogens with zero attached hydrogens (tertiary/aromatic N) is 1. The van der Waals surface area contributed by atoms with Gasteiger partial charge in [0.1, 0.15) is 17.5 Å². The number of para-hydroxylation sites is 1. The Hall–Kier alpha value is -1.71. The zero-order chi connectivity index (χ0) is 11.0. The zero-order valence-corrected chi connectivity index (χ0v) is 8.82. The number of phenols is 1. The van der Waals surface area contributed by atoms with Gasteiger partial charge in [-0.2, -0.15) is 0 Å². The van der Waals surface area contributed by atoms with Crippen molar-refractivity contribution in [2.75, 3.05) is 16.8 Å². The number of hydrogen-bond donors (Lipinski definition) is 2. The van der Waals surface area contributed by atoms with Crippen molar-refractivity contribution in [1.82, 2.24) is 0 Å². The summed E-state index contributed by atoms with van der Waals surface area (Å²) in [4.78, 5) is 13.5. The molecule has 0 fully saturated rings. The standard InChI is InChI=1S/C11H14N2O2/c1-3-13-8-5-4-6-9(14)10(8)12-7(2)11(13)15/h4-7,12,14H,3H2,1-2H3. The van der Waals surface area contributed by atoms with Gasteiger partial charge in [-0.05, 0) is 26.0 Å². The Balaban J connectivity index is 2.54. The van der Waals surface area contributed by atoms with E-state index in [9.17, 15) is 9.90 Å². The minimum atomic E-state index is -0.286. The first-order valence-electron chi connectivity index (χ1n) is 5.05. The number of amides is 1. The van der Waals surface area contributed by atoms with Crippen LogP contribution < -0.4 is 10.2 Å². The second-order valence-corrected chi connectivity index (χ2v) is 3.62. The number of hydrogen-bond acceptors (Lipinski definition) is 3. The van der Waals surface area contributed by atoms with Crippen LogP contribution in [0.15, 0.2) is 18.2 Å². The van der Waals surface area contributed by atoms with Gasteiger partial charge in [0.25, 0.3) is 0 Å². The van der Waals surface area contributed by atoms with Gasteiger partial charge >= 0.3 is 0 Å². The van der Waals surface area contributed by atoms with E-state index >= 15 is 0 Å². The van der Waals surface area contributed by atoms with E-state index in [0.29, 0.717) is 12.2 Å². The van der Waals surface area contributed by atoms with Crippen molar-refractivity contribution in [3.05, 3.63) is 18.2 Å². The molecule has 0 radical (unpaired) electrons. The molecule has 1 atom stereocenters. The third-order valence-corrected chi connectivity index (χ3v) is 2.62. The van der Waals surface area contributed by atoms with E-state index in [1.165, 1.54) is 0 Å². The van der Waals surface area contributed by atoms with E-state index in [0.717, 1.165) is 5.69 Å². The quantitative estimate of drug-likeness (QED) is 0.685. The number of rotatable bonds is 1. The molecule has 2 N–H and O–H groups in total. The van der Waals surface area contributed by atoms with E-state index < -0.39 is 0 Å². The molecule has 4 nitrogen and oxygen atoms in total. The highest BCUT2D eigenvalue weighted by Gasteiger charge is 2.29. The average Bonchev–Trinajstić information content (AvgIpc) is 2.22. The molecule has 0 saturated carbocycles. The predicted molar refractivity (Wildman–Crippen MR) is 59.2 cm³/mol. The normalized spacial score (nSPS) is 19.7. The summed E-state index contributed by atoms with van der Waals surface area (Å²) in [6.45, 7) is 4.32. The Kier molecular flexibility index (Phi) is 2.26. The maximum absolute atomic E-state index is 11.8. The number of carbonyl (C=O) groups is 1. The largest absolute Gasteiger partial charge is 0.506 e. The number of nitrogens with one attached hydrogen (secondary N) is 1. The van der Waals surface area contributed by atoms with Crippen molar-refractivity contribution in [2.24, 2.45) is 0 Å². The molecule has 1 heterocycles. The smallest absolute Gasteiger partial charge is 0.249 e. The Morgan fingerprint density at radius 3 is 2.93 bits per heavy atom. The molecule has 80 valence electrons. The van der Waals surface area contributed by atoms with E-state index in [-0.39, 0.29) is 17.7 Å². The SMILES string of the molecule is CCN1C(=O)C(C)Nc2c(O)cccc21. The fourth-order valence-corrected chi connectivity index (χ4v) is 1.86. The average molecular weight is 206 g/mol. The maximum Gasteiger partial charge on any atom is 0.249 e. The van der Waals surface area contributed by atoms with Gasteiger partial charge in [0.15, 0.2) is 0 Å². The molecule has 0 spiro atoms. The molecular formula is C11H14N2O2.